The molecule has 0 unspecified atom stereocenters. The Morgan fingerprint density at radius 1 is 1.37 bits per heavy atom. The fraction of sp³-hybridized carbons (Fsp3) is 0. The molecule has 0 aliphatic carbocycles. The lowest BCUT2D eigenvalue weighted by atomic mass is 10.3. The van der Waals surface area contributed by atoms with Crippen LogP contribution in [0, 0.1) is 0 Å². The molecule has 96 valence electrons. The number of carboxylic acid groups (broad SMARTS) is 1. The van der Waals surface area contributed by atoms with E-state index in [1.54, 1.807) is 18.3 Å². The van der Waals surface area contributed by atoms with Crippen molar-refractivity contribution in [2.75, 3.05) is 5.32 Å². The lowest BCUT2D eigenvalue weighted by Crippen LogP contribution is -2.12. The number of carboxylic acids is 1. The third-order valence-electron chi connectivity index (χ3n) is 2.06. The number of pyridine rings is 1. The molecule has 2 rings (SSSR count). The summed E-state index contributed by atoms with van der Waals surface area (Å²) in [6, 6.07) is 3.26. The maximum atomic E-state index is 11.5. The second-order valence-corrected chi connectivity index (χ2v) is 3.38. The van der Waals surface area contributed by atoms with Crippen molar-refractivity contribution in [1.82, 2.24) is 19.7 Å². The molecule has 0 atom stereocenters. The quantitative estimate of drug-likeness (QED) is 0.761. The van der Waals surface area contributed by atoms with Crippen LogP contribution in [-0.4, -0.2) is 36.7 Å². The van der Waals surface area contributed by atoms with Crippen LogP contribution in [-0.2, 0) is 9.59 Å². The van der Waals surface area contributed by atoms with E-state index < -0.39 is 11.9 Å². The van der Waals surface area contributed by atoms with Crippen molar-refractivity contribution < 1.29 is 14.7 Å². The number of amides is 1. The zero-order chi connectivity index (χ0) is 13.7. The molecular weight excluding hydrogens is 250 g/mol. The number of hydrogen-bond acceptors (Lipinski definition) is 5. The van der Waals surface area contributed by atoms with Gasteiger partial charge >= 0.3 is 5.97 Å². The number of anilines is 1. The van der Waals surface area contributed by atoms with E-state index in [1.807, 2.05) is 0 Å². The number of carbonyl (C=O) groups is 2. The van der Waals surface area contributed by atoms with Crippen LogP contribution < -0.4 is 5.32 Å². The topological polar surface area (TPSA) is 110 Å². The Morgan fingerprint density at radius 2 is 2.21 bits per heavy atom. The standard InChI is InChI=1S/C11H9N5O3/c17-9(3-4-10(18)19)15-8-2-1-5-13-11(8)16-7-12-6-14-16/h1-7H,(H,15,17)(H,18,19). The second-order valence-electron chi connectivity index (χ2n) is 3.38. The van der Waals surface area contributed by atoms with Crippen LogP contribution >= 0.6 is 0 Å². The molecule has 1 amide bonds. The van der Waals surface area contributed by atoms with Crippen LogP contribution in [0.2, 0.25) is 0 Å². The van der Waals surface area contributed by atoms with Crippen LogP contribution in [0.4, 0.5) is 5.69 Å². The Morgan fingerprint density at radius 3 is 2.89 bits per heavy atom. The fourth-order valence-electron chi connectivity index (χ4n) is 1.32. The van der Waals surface area contributed by atoms with Gasteiger partial charge in [0, 0.05) is 18.3 Å². The van der Waals surface area contributed by atoms with E-state index in [4.69, 9.17) is 5.11 Å². The Labute approximate surface area is 107 Å². The first kappa shape index (κ1) is 12.4. The predicted molar refractivity (Wildman–Crippen MR) is 64.6 cm³/mol. The zero-order valence-electron chi connectivity index (χ0n) is 9.59. The van der Waals surface area contributed by atoms with Gasteiger partial charge in [-0.15, -0.1) is 0 Å². The molecule has 0 fully saturated rings. The normalized spacial score (nSPS) is 10.5. The molecule has 0 spiro atoms. The van der Waals surface area contributed by atoms with Crippen molar-refractivity contribution in [3.63, 3.8) is 0 Å². The van der Waals surface area contributed by atoms with Gasteiger partial charge in [-0.25, -0.2) is 19.4 Å². The summed E-state index contributed by atoms with van der Waals surface area (Å²) in [5.74, 6) is -1.38. The van der Waals surface area contributed by atoms with Gasteiger partial charge in [-0.3, -0.25) is 4.79 Å². The second kappa shape index (κ2) is 5.54. The highest BCUT2D eigenvalue weighted by Crippen LogP contribution is 2.15. The van der Waals surface area contributed by atoms with Crippen molar-refractivity contribution in [3.8, 4) is 5.82 Å². The van der Waals surface area contributed by atoms with Crippen LogP contribution in [0.15, 0.2) is 43.1 Å². The van der Waals surface area contributed by atoms with Crippen molar-refractivity contribution in [2.24, 2.45) is 0 Å². The Balaban J connectivity index is 2.22. The summed E-state index contributed by atoms with van der Waals surface area (Å²) in [6.07, 6.45) is 5.98. The summed E-state index contributed by atoms with van der Waals surface area (Å²) < 4.78 is 1.39. The van der Waals surface area contributed by atoms with E-state index >= 15 is 0 Å². The molecule has 0 bridgehead atoms. The molecule has 2 heterocycles. The molecule has 19 heavy (non-hydrogen) atoms. The predicted octanol–water partition coefficient (Wildman–Crippen LogP) is 0.242. The average Bonchev–Trinajstić information content (AvgIpc) is 2.91. The lowest BCUT2D eigenvalue weighted by Gasteiger charge is -2.07. The van der Waals surface area contributed by atoms with E-state index in [0.29, 0.717) is 11.5 Å². The van der Waals surface area contributed by atoms with Gasteiger partial charge in [-0.2, -0.15) is 5.10 Å². The smallest absolute Gasteiger partial charge is 0.328 e. The summed E-state index contributed by atoms with van der Waals surface area (Å²) in [5, 5.41) is 14.9. The van der Waals surface area contributed by atoms with Crippen molar-refractivity contribution in [3.05, 3.63) is 43.1 Å². The molecule has 0 saturated heterocycles. The van der Waals surface area contributed by atoms with Gasteiger partial charge in [-0.05, 0) is 12.1 Å². The molecule has 8 heteroatoms. The number of aromatic nitrogens is 4. The molecule has 0 aliphatic heterocycles. The first-order valence-corrected chi connectivity index (χ1v) is 5.19. The number of nitrogens with zero attached hydrogens (tertiary/aromatic N) is 4. The van der Waals surface area contributed by atoms with Crippen molar-refractivity contribution in [2.45, 2.75) is 0 Å². The van der Waals surface area contributed by atoms with E-state index in [-0.39, 0.29) is 0 Å². The fourth-order valence-corrected chi connectivity index (χ4v) is 1.32. The Kier molecular flexibility index (Phi) is 3.62. The van der Waals surface area contributed by atoms with Crippen molar-refractivity contribution >= 4 is 17.6 Å². The maximum Gasteiger partial charge on any atom is 0.328 e. The van der Waals surface area contributed by atoms with Gasteiger partial charge in [0.05, 0.1) is 5.69 Å². The molecule has 2 aromatic heterocycles. The van der Waals surface area contributed by atoms with E-state index in [9.17, 15) is 9.59 Å². The van der Waals surface area contributed by atoms with Gasteiger partial charge in [0.2, 0.25) is 5.91 Å². The van der Waals surface area contributed by atoms with Crippen LogP contribution in [0.1, 0.15) is 0 Å². The van der Waals surface area contributed by atoms with Crippen LogP contribution in [0.5, 0.6) is 0 Å². The van der Waals surface area contributed by atoms with Gasteiger partial charge in [0.25, 0.3) is 0 Å². The molecule has 0 saturated carbocycles. The number of nitrogens with one attached hydrogen (secondary N) is 1. The summed E-state index contributed by atoms with van der Waals surface area (Å²) >= 11 is 0. The minimum absolute atomic E-state index is 0.386. The van der Waals surface area contributed by atoms with Gasteiger partial charge in [0.1, 0.15) is 12.7 Å². The highest BCUT2D eigenvalue weighted by molar-refractivity contribution is 6.03. The lowest BCUT2D eigenvalue weighted by molar-refractivity contribution is -0.131. The van der Waals surface area contributed by atoms with Crippen LogP contribution in [0.3, 0.4) is 0 Å². The minimum atomic E-state index is -1.20. The highest BCUT2D eigenvalue weighted by Gasteiger charge is 2.08. The summed E-state index contributed by atoms with van der Waals surface area (Å²) in [7, 11) is 0. The molecule has 8 nitrogen and oxygen atoms in total. The largest absolute Gasteiger partial charge is 0.478 e. The minimum Gasteiger partial charge on any atom is -0.478 e. The summed E-state index contributed by atoms with van der Waals surface area (Å²) in [5.41, 5.74) is 0.396. The molecule has 2 N–H and O–H groups in total. The molecule has 0 aliphatic rings. The zero-order valence-corrected chi connectivity index (χ0v) is 9.59. The molecule has 0 radical (unpaired) electrons. The Hall–Kier alpha value is -3.03. The van der Waals surface area contributed by atoms with Gasteiger partial charge < -0.3 is 10.4 Å². The molecular formula is C11H9N5O3. The van der Waals surface area contributed by atoms with E-state index in [0.717, 1.165) is 12.2 Å². The van der Waals surface area contributed by atoms with Gasteiger partial charge in [0.15, 0.2) is 5.82 Å². The first-order valence-electron chi connectivity index (χ1n) is 5.19. The number of hydrogen-bond donors (Lipinski definition) is 2. The van der Waals surface area contributed by atoms with E-state index in [1.165, 1.54) is 17.3 Å². The third kappa shape index (κ3) is 3.22. The summed E-state index contributed by atoms with van der Waals surface area (Å²) in [6.45, 7) is 0. The summed E-state index contributed by atoms with van der Waals surface area (Å²) in [4.78, 5) is 29.7. The van der Waals surface area contributed by atoms with Gasteiger partial charge in [-0.1, -0.05) is 0 Å². The number of rotatable bonds is 4. The highest BCUT2D eigenvalue weighted by atomic mass is 16.4. The monoisotopic (exact) mass is 259 g/mol. The third-order valence-corrected chi connectivity index (χ3v) is 2.06. The van der Waals surface area contributed by atoms with Crippen LogP contribution in [0.25, 0.3) is 5.82 Å². The molecule has 0 aromatic carbocycles. The molecule has 2 aromatic rings. The average molecular weight is 259 g/mol. The van der Waals surface area contributed by atoms with Crippen molar-refractivity contribution in [1.29, 1.82) is 0 Å². The number of aliphatic carboxylic acids is 1. The first-order chi connectivity index (χ1) is 9.16. The maximum absolute atomic E-state index is 11.5. The number of carbonyl (C=O) groups excluding carboxylic acids is 1. The van der Waals surface area contributed by atoms with E-state index in [2.05, 4.69) is 20.4 Å². The Bertz CT molecular complexity index is 621. The SMILES string of the molecule is O=C(O)C=CC(=O)Nc1cccnc1-n1cncn1.